The molecule has 29 heavy (non-hydrogen) atoms. The van der Waals surface area contributed by atoms with Gasteiger partial charge < -0.3 is 9.64 Å². The maximum atomic E-state index is 13.0. The number of nitrogens with zero attached hydrogens (tertiary/aromatic N) is 2. The number of alkyl halides is 3. The van der Waals surface area contributed by atoms with E-state index in [1.807, 2.05) is 0 Å². The fraction of sp³-hybridized carbons (Fsp3) is 0.632. The molecule has 6 nitrogen and oxygen atoms in total. The van der Waals surface area contributed by atoms with Crippen LogP contribution in [0.3, 0.4) is 0 Å². The van der Waals surface area contributed by atoms with E-state index in [2.05, 4.69) is 0 Å². The number of amides is 1. The predicted octanol–water partition coefficient (Wildman–Crippen LogP) is 2.90. The number of hydrogen-bond acceptors (Lipinski definition) is 4. The summed E-state index contributed by atoms with van der Waals surface area (Å²) < 4.78 is 70.9. The molecule has 0 spiro atoms. The number of piperazine rings is 1. The van der Waals surface area contributed by atoms with Gasteiger partial charge in [-0.2, -0.15) is 17.5 Å². The fourth-order valence-electron chi connectivity index (χ4n) is 4.02. The summed E-state index contributed by atoms with van der Waals surface area (Å²) in [6.45, 7) is 0.605. The molecule has 3 rings (SSSR count). The molecule has 1 aromatic rings. The average Bonchev–Trinajstić information content (AvgIpc) is 2.73. The number of rotatable bonds is 4. The van der Waals surface area contributed by atoms with Gasteiger partial charge in [-0.3, -0.25) is 4.79 Å². The molecular formula is C19H25F3N2O4S. The first-order chi connectivity index (χ1) is 13.6. The molecule has 10 heteroatoms. The standard InChI is InChI=1S/C19H25F3N2O4S/c1-28-16-5-7-17(8-6-16)29(26,27)24-11-9-23(10-12-24)18(25)14-3-2-4-15(13-14)19(20,21)22/h5-8,14-15H,2-4,9-13H2,1H3. The summed E-state index contributed by atoms with van der Waals surface area (Å²) in [5, 5.41) is 0. The van der Waals surface area contributed by atoms with Gasteiger partial charge in [-0.25, -0.2) is 8.42 Å². The number of sulfonamides is 1. The number of carbonyl (C=O) groups excluding carboxylic acids is 1. The van der Waals surface area contributed by atoms with Gasteiger partial charge in [-0.05, 0) is 43.5 Å². The van der Waals surface area contributed by atoms with Crippen molar-refractivity contribution in [3.63, 3.8) is 0 Å². The quantitative estimate of drug-likeness (QED) is 0.731. The van der Waals surface area contributed by atoms with E-state index >= 15 is 0 Å². The highest BCUT2D eigenvalue weighted by molar-refractivity contribution is 7.89. The lowest BCUT2D eigenvalue weighted by Crippen LogP contribution is -2.52. The molecule has 2 aliphatic rings. The minimum Gasteiger partial charge on any atom is -0.497 e. The Labute approximate surface area is 168 Å². The van der Waals surface area contributed by atoms with E-state index in [-0.39, 0.29) is 49.8 Å². The second-order valence-electron chi connectivity index (χ2n) is 7.51. The molecule has 1 saturated heterocycles. The summed E-state index contributed by atoms with van der Waals surface area (Å²) in [6.07, 6.45) is -3.54. The molecule has 0 bridgehead atoms. The van der Waals surface area contributed by atoms with Crippen LogP contribution in [0.15, 0.2) is 29.2 Å². The maximum Gasteiger partial charge on any atom is 0.391 e. The van der Waals surface area contributed by atoms with Crippen molar-refractivity contribution in [1.29, 1.82) is 0 Å². The molecule has 1 amide bonds. The second-order valence-corrected chi connectivity index (χ2v) is 9.44. The molecule has 2 unspecified atom stereocenters. The summed E-state index contributed by atoms with van der Waals surface area (Å²) in [7, 11) is -2.21. The number of hydrogen-bond donors (Lipinski definition) is 0. The molecular weight excluding hydrogens is 409 g/mol. The first-order valence-corrected chi connectivity index (χ1v) is 11.1. The molecule has 1 aliphatic heterocycles. The molecule has 1 heterocycles. The summed E-state index contributed by atoms with van der Waals surface area (Å²) in [6, 6.07) is 6.05. The Kier molecular flexibility index (Phi) is 6.42. The normalized spacial score (nSPS) is 24.3. The Hall–Kier alpha value is -1.81. The van der Waals surface area contributed by atoms with E-state index in [1.165, 1.54) is 28.4 Å². The van der Waals surface area contributed by atoms with Crippen molar-refractivity contribution >= 4 is 15.9 Å². The fourth-order valence-corrected chi connectivity index (χ4v) is 5.44. The minimum absolute atomic E-state index is 0.0706. The van der Waals surface area contributed by atoms with Crippen LogP contribution in [-0.2, 0) is 14.8 Å². The van der Waals surface area contributed by atoms with Gasteiger partial charge in [-0.15, -0.1) is 0 Å². The zero-order chi connectivity index (χ0) is 21.2. The topological polar surface area (TPSA) is 66.9 Å². The van der Waals surface area contributed by atoms with Gasteiger partial charge in [0.25, 0.3) is 0 Å². The van der Waals surface area contributed by atoms with E-state index in [0.717, 1.165) is 0 Å². The smallest absolute Gasteiger partial charge is 0.391 e. The third-order valence-electron chi connectivity index (χ3n) is 5.73. The highest BCUT2D eigenvalue weighted by Gasteiger charge is 2.44. The lowest BCUT2D eigenvalue weighted by atomic mass is 9.80. The number of methoxy groups -OCH3 is 1. The van der Waals surface area contributed by atoms with Gasteiger partial charge in [-0.1, -0.05) is 6.42 Å². The van der Waals surface area contributed by atoms with Crippen molar-refractivity contribution in [3.8, 4) is 5.75 Å². The molecule has 1 aromatic carbocycles. The Bertz CT molecular complexity index is 819. The van der Waals surface area contributed by atoms with E-state index < -0.39 is 28.0 Å². The van der Waals surface area contributed by atoms with Crippen LogP contribution in [0.2, 0.25) is 0 Å². The van der Waals surface area contributed by atoms with Gasteiger partial charge in [0.15, 0.2) is 0 Å². The van der Waals surface area contributed by atoms with E-state index in [9.17, 15) is 26.4 Å². The zero-order valence-corrected chi connectivity index (χ0v) is 17.0. The SMILES string of the molecule is COc1ccc(S(=O)(=O)N2CCN(C(=O)C3CCCC(C(F)(F)F)C3)CC2)cc1. The number of halogens is 3. The van der Waals surface area contributed by atoms with Crippen LogP contribution in [0.5, 0.6) is 5.75 Å². The minimum atomic E-state index is -4.27. The van der Waals surface area contributed by atoms with Crippen LogP contribution in [0.25, 0.3) is 0 Å². The Morgan fingerprint density at radius 3 is 2.24 bits per heavy atom. The molecule has 0 radical (unpaired) electrons. The van der Waals surface area contributed by atoms with Crippen LogP contribution in [0.1, 0.15) is 25.7 Å². The Morgan fingerprint density at radius 2 is 1.69 bits per heavy atom. The Balaban J connectivity index is 1.60. The van der Waals surface area contributed by atoms with E-state index in [0.29, 0.717) is 18.6 Å². The van der Waals surface area contributed by atoms with Crippen molar-refractivity contribution in [2.45, 2.75) is 36.8 Å². The van der Waals surface area contributed by atoms with Gasteiger partial charge in [0.05, 0.1) is 17.9 Å². The number of carbonyl (C=O) groups is 1. The highest BCUT2D eigenvalue weighted by Crippen LogP contribution is 2.40. The van der Waals surface area contributed by atoms with Gasteiger partial charge >= 0.3 is 6.18 Å². The summed E-state index contributed by atoms with van der Waals surface area (Å²) in [5.41, 5.74) is 0. The highest BCUT2D eigenvalue weighted by atomic mass is 32.2. The third-order valence-corrected chi connectivity index (χ3v) is 7.65. The largest absolute Gasteiger partial charge is 0.497 e. The van der Waals surface area contributed by atoms with Gasteiger partial charge in [0.1, 0.15) is 5.75 Å². The predicted molar refractivity (Wildman–Crippen MR) is 99.8 cm³/mol. The van der Waals surface area contributed by atoms with Crippen LogP contribution < -0.4 is 4.74 Å². The molecule has 1 saturated carbocycles. The first kappa shape index (κ1) is 21.9. The number of benzene rings is 1. The second kappa shape index (κ2) is 8.51. The molecule has 2 atom stereocenters. The maximum absolute atomic E-state index is 13.0. The summed E-state index contributed by atoms with van der Waals surface area (Å²) >= 11 is 0. The molecule has 162 valence electrons. The third kappa shape index (κ3) is 4.85. The van der Waals surface area contributed by atoms with Crippen molar-refractivity contribution in [2.75, 3.05) is 33.3 Å². The zero-order valence-electron chi connectivity index (χ0n) is 16.2. The lowest BCUT2D eigenvalue weighted by molar-refractivity contribution is -0.187. The summed E-state index contributed by atoms with van der Waals surface area (Å²) in [5.74, 6) is -1.81. The molecule has 0 N–H and O–H groups in total. The Morgan fingerprint density at radius 1 is 1.07 bits per heavy atom. The van der Waals surface area contributed by atoms with Gasteiger partial charge in [0, 0.05) is 32.1 Å². The molecule has 2 fully saturated rings. The molecule has 0 aromatic heterocycles. The average molecular weight is 434 g/mol. The van der Waals surface area contributed by atoms with Crippen LogP contribution in [0, 0.1) is 11.8 Å². The monoisotopic (exact) mass is 434 g/mol. The van der Waals surface area contributed by atoms with Crippen LogP contribution in [-0.4, -0.2) is 63.0 Å². The van der Waals surface area contributed by atoms with E-state index in [1.54, 1.807) is 12.1 Å². The lowest BCUT2D eigenvalue weighted by Gasteiger charge is -2.38. The van der Waals surface area contributed by atoms with Crippen LogP contribution >= 0.6 is 0 Å². The van der Waals surface area contributed by atoms with Crippen molar-refractivity contribution in [3.05, 3.63) is 24.3 Å². The summed E-state index contributed by atoms with van der Waals surface area (Å²) in [4.78, 5) is 14.3. The van der Waals surface area contributed by atoms with Crippen LogP contribution in [0.4, 0.5) is 13.2 Å². The van der Waals surface area contributed by atoms with Crippen molar-refractivity contribution < 1.29 is 31.1 Å². The first-order valence-electron chi connectivity index (χ1n) is 9.62. The number of ether oxygens (including phenoxy) is 1. The van der Waals surface area contributed by atoms with Crippen molar-refractivity contribution in [2.24, 2.45) is 11.8 Å². The van der Waals surface area contributed by atoms with Gasteiger partial charge in [0.2, 0.25) is 15.9 Å². The van der Waals surface area contributed by atoms with E-state index in [4.69, 9.17) is 4.74 Å². The molecule has 1 aliphatic carbocycles. The van der Waals surface area contributed by atoms with Crippen molar-refractivity contribution in [1.82, 2.24) is 9.21 Å².